The van der Waals surface area contributed by atoms with Crippen molar-refractivity contribution in [2.24, 2.45) is 0 Å². The Hall–Kier alpha value is -2.78. The van der Waals surface area contributed by atoms with Crippen LogP contribution in [0.3, 0.4) is 0 Å². The Balaban J connectivity index is 2.34. The van der Waals surface area contributed by atoms with E-state index in [0.29, 0.717) is 29.4 Å². The molecule has 0 amide bonds. The lowest BCUT2D eigenvalue weighted by atomic mass is 10.0. The molecular weight excluding hydrogens is 386 g/mol. The average Bonchev–Trinajstić information content (AvgIpc) is 2.67. The highest BCUT2D eigenvalue weighted by Gasteiger charge is 2.24. The molecule has 2 N–H and O–H groups in total. The Morgan fingerprint density at radius 3 is 2.25 bits per heavy atom. The highest BCUT2D eigenvalue weighted by molar-refractivity contribution is 7.89. The summed E-state index contributed by atoms with van der Waals surface area (Å²) in [5, 5.41) is 9.23. The molecule has 0 unspecified atom stereocenters. The number of methoxy groups -OCH3 is 2. The third kappa shape index (κ3) is 5.37. The Bertz CT molecular complexity index is 910. The molecule has 0 aliphatic heterocycles. The molecule has 0 bridgehead atoms. The number of carboxylic acid groups (broad SMARTS) is 1. The number of aliphatic carboxylic acids is 1. The lowest BCUT2D eigenvalue weighted by molar-refractivity contribution is -0.137. The fraction of sp³-hybridized carbons (Fsp3) is 0.316. The minimum Gasteiger partial charge on any atom is -0.494 e. The van der Waals surface area contributed by atoms with Crippen LogP contribution in [0.2, 0.25) is 0 Å². The maximum atomic E-state index is 12.7. The minimum atomic E-state index is -3.96. The first-order valence-corrected chi connectivity index (χ1v) is 9.98. The highest BCUT2D eigenvalue weighted by Crippen LogP contribution is 2.31. The summed E-state index contributed by atoms with van der Waals surface area (Å²) in [5.41, 5.74) is 0.439. The van der Waals surface area contributed by atoms with Crippen LogP contribution in [-0.4, -0.2) is 40.3 Å². The van der Waals surface area contributed by atoms with Crippen molar-refractivity contribution in [1.82, 2.24) is 4.72 Å². The minimum absolute atomic E-state index is 0.00631. The van der Waals surface area contributed by atoms with E-state index >= 15 is 0 Å². The Morgan fingerprint density at radius 2 is 1.71 bits per heavy atom. The van der Waals surface area contributed by atoms with Crippen LogP contribution in [0, 0.1) is 0 Å². The lowest BCUT2D eigenvalue weighted by Gasteiger charge is -2.19. The smallest absolute Gasteiger partial charge is 0.305 e. The molecular formula is C19H23NO7S. The number of hydrogen-bond donors (Lipinski definition) is 2. The van der Waals surface area contributed by atoms with Gasteiger partial charge >= 0.3 is 5.97 Å². The van der Waals surface area contributed by atoms with Gasteiger partial charge in [-0.25, -0.2) is 13.1 Å². The van der Waals surface area contributed by atoms with Gasteiger partial charge in [0.25, 0.3) is 0 Å². The molecule has 2 aromatic carbocycles. The molecule has 2 aromatic rings. The van der Waals surface area contributed by atoms with E-state index in [2.05, 4.69) is 4.72 Å². The Kier molecular flexibility index (Phi) is 7.24. The zero-order valence-electron chi connectivity index (χ0n) is 15.8. The van der Waals surface area contributed by atoms with Gasteiger partial charge in [-0.3, -0.25) is 4.79 Å². The van der Waals surface area contributed by atoms with Gasteiger partial charge in [0.05, 0.1) is 38.2 Å². The van der Waals surface area contributed by atoms with Crippen molar-refractivity contribution in [2.75, 3.05) is 20.8 Å². The molecule has 8 nitrogen and oxygen atoms in total. The first-order valence-electron chi connectivity index (χ1n) is 8.49. The molecule has 152 valence electrons. The molecule has 0 saturated heterocycles. The van der Waals surface area contributed by atoms with Crippen LogP contribution in [0.4, 0.5) is 0 Å². The third-order valence-electron chi connectivity index (χ3n) is 3.93. The lowest BCUT2D eigenvalue weighted by Crippen LogP contribution is -2.30. The zero-order valence-corrected chi connectivity index (χ0v) is 16.7. The van der Waals surface area contributed by atoms with E-state index < -0.39 is 28.5 Å². The predicted octanol–water partition coefficient (Wildman–Crippen LogP) is 2.60. The highest BCUT2D eigenvalue weighted by atomic mass is 32.2. The van der Waals surface area contributed by atoms with Gasteiger partial charge in [-0.05, 0) is 48.9 Å². The van der Waals surface area contributed by atoms with E-state index in [-0.39, 0.29) is 4.90 Å². The van der Waals surface area contributed by atoms with E-state index in [1.165, 1.54) is 26.4 Å². The number of benzene rings is 2. The molecule has 1 atom stereocenters. The SMILES string of the molecule is CCOc1ccc(S(=O)(=O)N[C@H](CC(=O)O)c2ccc(OC)c(OC)c2)cc1. The third-order valence-corrected chi connectivity index (χ3v) is 5.42. The van der Waals surface area contributed by atoms with Gasteiger partial charge in [-0.2, -0.15) is 0 Å². The van der Waals surface area contributed by atoms with E-state index in [1.807, 2.05) is 6.92 Å². The summed E-state index contributed by atoms with van der Waals surface area (Å²) in [4.78, 5) is 11.3. The van der Waals surface area contributed by atoms with Crippen LogP contribution in [0.15, 0.2) is 47.4 Å². The summed E-state index contributed by atoms with van der Waals surface area (Å²) in [5.74, 6) is 0.225. The Morgan fingerprint density at radius 1 is 1.07 bits per heavy atom. The Labute approximate surface area is 164 Å². The quantitative estimate of drug-likeness (QED) is 0.620. The van der Waals surface area contributed by atoms with Crippen LogP contribution in [0.5, 0.6) is 17.2 Å². The molecule has 2 rings (SSSR count). The number of rotatable bonds is 10. The van der Waals surface area contributed by atoms with Gasteiger partial charge in [-0.15, -0.1) is 0 Å². The van der Waals surface area contributed by atoms with Crippen molar-refractivity contribution in [2.45, 2.75) is 24.3 Å². The fourth-order valence-electron chi connectivity index (χ4n) is 2.61. The summed E-state index contributed by atoms with van der Waals surface area (Å²) in [7, 11) is -1.05. The molecule has 0 aromatic heterocycles. The maximum Gasteiger partial charge on any atom is 0.305 e. The van der Waals surface area contributed by atoms with Crippen molar-refractivity contribution < 1.29 is 32.5 Å². The van der Waals surface area contributed by atoms with Crippen molar-refractivity contribution in [1.29, 1.82) is 0 Å². The normalized spacial score (nSPS) is 12.2. The number of carbonyl (C=O) groups is 1. The van der Waals surface area contributed by atoms with E-state index in [0.717, 1.165) is 0 Å². The first-order chi connectivity index (χ1) is 13.3. The topological polar surface area (TPSA) is 111 Å². The van der Waals surface area contributed by atoms with Crippen LogP contribution >= 0.6 is 0 Å². The van der Waals surface area contributed by atoms with Gasteiger partial charge in [0.15, 0.2) is 11.5 Å². The van der Waals surface area contributed by atoms with Crippen LogP contribution in [0.25, 0.3) is 0 Å². The van der Waals surface area contributed by atoms with Gasteiger partial charge in [0, 0.05) is 0 Å². The molecule has 0 saturated carbocycles. The number of carboxylic acids is 1. The maximum absolute atomic E-state index is 12.7. The molecule has 0 fully saturated rings. The summed E-state index contributed by atoms with van der Waals surface area (Å²) in [6, 6.07) is 9.63. The summed E-state index contributed by atoms with van der Waals surface area (Å²) >= 11 is 0. The van der Waals surface area contributed by atoms with E-state index in [4.69, 9.17) is 14.2 Å². The number of ether oxygens (including phenoxy) is 3. The van der Waals surface area contributed by atoms with Crippen LogP contribution in [0.1, 0.15) is 24.9 Å². The number of hydrogen-bond acceptors (Lipinski definition) is 6. The molecule has 0 aliphatic rings. The number of sulfonamides is 1. The summed E-state index contributed by atoms with van der Waals surface area (Å²) < 4.78 is 43.6. The molecule has 28 heavy (non-hydrogen) atoms. The number of nitrogens with one attached hydrogen (secondary N) is 1. The molecule has 0 aliphatic carbocycles. The molecule has 0 heterocycles. The fourth-order valence-corrected chi connectivity index (χ4v) is 3.83. The molecule has 0 spiro atoms. The average molecular weight is 409 g/mol. The monoisotopic (exact) mass is 409 g/mol. The van der Waals surface area contributed by atoms with E-state index in [1.54, 1.807) is 30.3 Å². The predicted molar refractivity (Wildman–Crippen MR) is 102 cm³/mol. The van der Waals surface area contributed by atoms with Gasteiger partial charge in [-0.1, -0.05) is 6.07 Å². The van der Waals surface area contributed by atoms with Crippen LogP contribution in [-0.2, 0) is 14.8 Å². The van der Waals surface area contributed by atoms with Gasteiger partial charge in [0.1, 0.15) is 5.75 Å². The second-order valence-electron chi connectivity index (χ2n) is 5.79. The second kappa shape index (κ2) is 9.43. The zero-order chi connectivity index (χ0) is 20.7. The standard InChI is InChI=1S/C19H23NO7S/c1-4-27-14-6-8-15(9-7-14)28(23,24)20-16(12-19(21)22)13-5-10-17(25-2)18(11-13)26-3/h5-11,16,20H,4,12H2,1-3H3,(H,21,22)/t16-/m1/s1. The molecule has 9 heteroatoms. The summed E-state index contributed by atoms with van der Waals surface area (Å²) in [6.45, 7) is 2.29. The largest absolute Gasteiger partial charge is 0.494 e. The molecule has 0 radical (unpaired) electrons. The first kappa shape index (κ1) is 21.5. The van der Waals surface area contributed by atoms with E-state index in [9.17, 15) is 18.3 Å². The van der Waals surface area contributed by atoms with Crippen molar-refractivity contribution in [3.8, 4) is 17.2 Å². The van der Waals surface area contributed by atoms with Crippen molar-refractivity contribution in [3.63, 3.8) is 0 Å². The van der Waals surface area contributed by atoms with Crippen LogP contribution < -0.4 is 18.9 Å². The van der Waals surface area contributed by atoms with Gasteiger partial charge in [0.2, 0.25) is 10.0 Å². The van der Waals surface area contributed by atoms with Gasteiger partial charge < -0.3 is 19.3 Å². The second-order valence-corrected chi connectivity index (χ2v) is 7.50. The van der Waals surface area contributed by atoms with Crippen molar-refractivity contribution in [3.05, 3.63) is 48.0 Å². The van der Waals surface area contributed by atoms with Crippen molar-refractivity contribution >= 4 is 16.0 Å². The summed E-state index contributed by atoms with van der Waals surface area (Å²) in [6.07, 6.45) is -0.439.